The number of thiazole rings is 1. The maximum absolute atomic E-state index is 13.8. The van der Waals surface area contributed by atoms with E-state index in [-0.39, 0.29) is 18.3 Å². The van der Waals surface area contributed by atoms with Gasteiger partial charge in [0, 0.05) is 18.0 Å². The summed E-state index contributed by atoms with van der Waals surface area (Å²) in [6, 6.07) is 6.43. The monoisotopic (exact) mass is 294 g/mol. The first-order chi connectivity index (χ1) is 9.49. The summed E-state index contributed by atoms with van der Waals surface area (Å²) in [5.74, 6) is -1.17. The molecular formula is C14H15FN2O2S. The number of nitrogens with zero attached hydrogens (tertiary/aromatic N) is 2. The second kappa shape index (κ2) is 6.00. The minimum Gasteiger partial charge on any atom is -0.481 e. The Labute approximate surface area is 120 Å². The second-order valence-electron chi connectivity index (χ2n) is 4.50. The van der Waals surface area contributed by atoms with E-state index < -0.39 is 5.97 Å². The normalized spacial score (nSPS) is 12.2. The second-order valence-corrected chi connectivity index (χ2v) is 5.34. The molecule has 0 amide bonds. The fourth-order valence-corrected chi connectivity index (χ4v) is 2.75. The molecule has 2 rings (SSSR count). The van der Waals surface area contributed by atoms with Crippen LogP contribution < -0.4 is 4.90 Å². The molecule has 0 spiro atoms. The Balaban J connectivity index is 2.18. The van der Waals surface area contributed by atoms with Gasteiger partial charge in [-0.05, 0) is 13.0 Å². The Morgan fingerprint density at radius 3 is 2.85 bits per heavy atom. The third-order valence-electron chi connectivity index (χ3n) is 3.11. The summed E-state index contributed by atoms with van der Waals surface area (Å²) >= 11 is 1.36. The summed E-state index contributed by atoms with van der Waals surface area (Å²) in [6.45, 7) is 1.89. The predicted molar refractivity (Wildman–Crippen MR) is 76.7 cm³/mol. The zero-order valence-corrected chi connectivity index (χ0v) is 12.0. The van der Waals surface area contributed by atoms with Crippen molar-refractivity contribution in [2.24, 2.45) is 0 Å². The molecule has 1 unspecified atom stereocenters. The Hall–Kier alpha value is -1.95. The van der Waals surface area contributed by atoms with E-state index in [4.69, 9.17) is 5.11 Å². The molecule has 0 aliphatic rings. The van der Waals surface area contributed by atoms with Crippen LogP contribution in [0.1, 0.15) is 24.2 Å². The van der Waals surface area contributed by atoms with Gasteiger partial charge < -0.3 is 10.0 Å². The number of aromatic nitrogens is 1. The Morgan fingerprint density at radius 2 is 2.20 bits per heavy atom. The van der Waals surface area contributed by atoms with E-state index in [1.807, 2.05) is 18.9 Å². The number of anilines is 1. The maximum atomic E-state index is 13.8. The van der Waals surface area contributed by atoms with Crippen molar-refractivity contribution in [3.63, 3.8) is 0 Å². The first-order valence-electron chi connectivity index (χ1n) is 6.12. The average molecular weight is 294 g/mol. The van der Waals surface area contributed by atoms with Crippen molar-refractivity contribution in [1.29, 1.82) is 0 Å². The zero-order valence-electron chi connectivity index (χ0n) is 11.2. The van der Waals surface area contributed by atoms with Gasteiger partial charge in [0.25, 0.3) is 0 Å². The molecule has 0 saturated carbocycles. The number of hydrogen-bond acceptors (Lipinski definition) is 4. The number of aliphatic carboxylic acids is 1. The predicted octanol–water partition coefficient (Wildman–Crippen LogP) is 3.11. The van der Waals surface area contributed by atoms with Crippen molar-refractivity contribution in [3.05, 3.63) is 46.7 Å². The summed E-state index contributed by atoms with van der Waals surface area (Å²) in [7, 11) is 1.82. The van der Waals surface area contributed by atoms with Crippen LogP contribution in [0, 0.1) is 5.82 Å². The number of hydrogen-bond donors (Lipinski definition) is 1. The molecule has 2 aromatic rings. The summed E-state index contributed by atoms with van der Waals surface area (Å²) in [5, 5.41) is 11.1. The molecule has 6 heteroatoms. The maximum Gasteiger partial charge on any atom is 0.309 e. The molecule has 1 heterocycles. The lowest BCUT2D eigenvalue weighted by Crippen LogP contribution is -2.22. The number of rotatable bonds is 5. The lowest BCUT2D eigenvalue weighted by atomic mass is 10.1. The van der Waals surface area contributed by atoms with Crippen LogP contribution in [-0.4, -0.2) is 23.1 Å². The Bertz CT molecular complexity index is 615. The standard InChI is InChI=1S/C14H15FN2O2S/c1-9(11-5-3-4-6-12(11)15)17(2)14-16-10(8-20-14)7-13(18)19/h3-6,8-9H,7H2,1-2H3,(H,18,19). The van der Waals surface area contributed by atoms with Gasteiger partial charge in [-0.3, -0.25) is 4.79 Å². The summed E-state index contributed by atoms with van der Waals surface area (Å²) < 4.78 is 13.8. The number of halogens is 1. The third-order valence-corrected chi connectivity index (χ3v) is 4.09. The first kappa shape index (κ1) is 14.5. The van der Waals surface area contributed by atoms with Gasteiger partial charge in [0.15, 0.2) is 5.13 Å². The SMILES string of the molecule is CC(c1ccccc1F)N(C)c1nc(CC(=O)O)cs1. The molecule has 4 nitrogen and oxygen atoms in total. The molecule has 1 aromatic heterocycles. The molecule has 0 bridgehead atoms. The van der Waals surface area contributed by atoms with Gasteiger partial charge in [-0.15, -0.1) is 11.3 Å². The van der Waals surface area contributed by atoms with E-state index in [1.165, 1.54) is 17.4 Å². The molecule has 1 aromatic carbocycles. The quantitative estimate of drug-likeness (QED) is 0.920. The fourth-order valence-electron chi connectivity index (χ4n) is 1.88. The van der Waals surface area contributed by atoms with Crippen LogP contribution >= 0.6 is 11.3 Å². The molecule has 0 aliphatic heterocycles. The minimum atomic E-state index is -0.911. The van der Waals surface area contributed by atoms with Crippen molar-refractivity contribution in [2.75, 3.05) is 11.9 Å². The van der Waals surface area contributed by atoms with Crippen LogP contribution in [0.25, 0.3) is 0 Å². The van der Waals surface area contributed by atoms with Crippen LogP contribution in [0.3, 0.4) is 0 Å². The Morgan fingerprint density at radius 1 is 1.50 bits per heavy atom. The number of carbonyl (C=O) groups is 1. The van der Waals surface area contributed by atoms with E-state index in [9.17, 15) is 9.18 Å². The number of carboxylic acid groups (broad SMARTS) is 1. The summed E-state index contributed by atoms with van der Waals surface area (Å²) in [5.41, 5.74) is 1.11. The molecule has 1 N–H and O–H groups in total. The number of benzene rings is 1. The van der Waals surface area contributed by atoms with Gasteiger partial charge in [0.1, 0.15) is 5.82 Å². The van der Waals surface area contributed by atoms with Gasteiger partial charge in [0.05, 0.1) is 18.2 Å². The van der Waals surface area contributed by atoms with Crippen LogP contribution in [0.15, 0.2) is 29.6 Å². The molecule has 0 aliphatic carbocycles. The van der Waals surface area contributed by atoms with Crippen LogP contribution in [0.5, 0.6) is 0 Å². The van der Waals surface area contributed by atoms with Crippen molar-refractivity contribution in [2.45, 2.75) is 19.4 Å². The molecule has 1 atom stereocenters. The molecule has 0 fully saturated rings. The summed E-state index contributed by atoms with van der Waals surface area (Å²) in [4.78, 5) is 16.8. The van der Waals surface area contributed by atoms with E-state index in [0.717, 1.165) is 0 Å². The minimum absolute atomic E-state index is 0.0988. The molecule has 0 radical (unpaired) electrons. The molecule has 0 saturated heterocycles. The highest BCUT2D eigenvalue weighted by Gasteiger charge is 2.18. The smallest absolute Gasteiger partial charge is 0.309 e. The topological polar surface area (TPSA) is 53.4 Å². The van der Waals surface area contributed by atoms with Crippen LogP contribution in [0.2, 0.25) is 0 Å². The van der Waals surface area contributed by atoms with Gasteiger partial charge in [0.2, 0.25) is 0 Å². The largest absolute Gasteiger partial charge is 0.481 e. The molecule has 20 heavy (non-hydrogen) atoms. The zero-order chi connectivity index (χ0) is 14.7. The van der Waals surface area contributed by atoms with Crippen molar-refractivity contribution < 1.29 is 14.3 Å². The lowest BCUT2D eigenvalue weighted by Gasteiger charge is -2.24. The average Bonchev–Trinajstić information content (AvgIpc) is 2.85. The van der Waals surface area contributed by atoms with E-state index in [2.05, 4.69) is 4.98 Å². The van der Waals surface area contributed by atoms with E-state index in [0.29, 0.717) is 16.4 Å². The van der Waals surface area contributed by atoms with Crippen molar-refractivity contribution >= 4 is 22.4 Å². The van der Waals surface area contributed by atoms with Gasteiger partial charge in [-0.25, -0.2) is 9.37 Å². The van der Waals surface area contributed by atoms with E-state index in [1.54, 1.807) is 23.6 Å². The van der Waals surface area contributed by atoms with Crippen molar-refractivity contribution in [1.82, 2.24) is 4.98 Å². The highest BCUT2D eigenvalue weighted by Crippen LogP contribution is 2.29. The van der Waals surface area contributed by atoms with Gasteiger partial charge >= 0.3 is 5.97 Å². The van der Waals surface area contributed by atoms with Crippen LogP contribution in [-0.2, 0) is 11.2 Å². The van der Waals surface area contributed by atoms with Crippen LogP contribution in [0.4, 0.5) is 9.52 Å². The lowest BCUT2D eigenvalue weighted by molar-refractivity contribution is -0.136. The molecular weight excluding hydrogens is 279 g/mol. The Kier molecular flexibility index (Phi) is 4.34. The first-order valence-corrected chi connectivity index (χ1v) is 7.00. The van der Waals surface area contributed by atoms with Gasteiger partial charge in [-0.2, -0.15) is 0 Å². The number of carboxylic acids is 1. The van der Waals surface area contributed by atoms with Crippen molar-refractivity contribution in [3.8, 4) is 0 Å². The molecule has 106 valence electrons. The fraction of sp³-hybridized carbons (Fsp3) is 0.286. The van der Waals surface area contributed by atoms with E-state index >= 15 is 0 Å². The highest BCUT2D eigenvalue weighted by atomic mass is 32.1. The summed E-state index contributed by atoms with van der Waals surface area (Å²) in [6.07, 6.45) is -0.0988. The van der Waals surface area contributed by atoms with Gasteiger partial charge in [-0.1, -0.05) is 18.2 Å². The highest BCUT2D eigenvalue weighted by molar-refractivity contribution is 7.13. The third kappa shape index (κ3) is 3.14.